The minimum atomic E-state index is -5.41. The largest absolute Gasteiger partial charge is 0.472 e. The molecule has 2 fully saturated rings. The molecule has 0 spiro atoms. The van der Waals surface area contributed by atoms with Crippen LogP contribution in [0.5, 0.6) is 0 Å². The van der Waals surface area contributed by atoms with E-state index in [9.17, 15) is 53.0 Å². The minimum absolute atomic E-state index is 0.0658. The van der Waals surface area contributed by atoms with Crippen LogP contribution in [0.25, 0.3) is 0 Å². The van der Waals surface area contributed by atoms with Gasteiger partial charge in [0.25, 0.3) is 0 Å². The molecule has 0 aliphatic carbocycles. The number of unbranched alkanes of at least 4 members (excludes halogenated alkanes) is 30. The number of ether oxygens (including phenoxy) is 6. The number of halogens is 2. The van der Waals surface area contributed by atoms with Gasteiger partial charge in [0.15, 0.2) is 12.6 Å². The summed E-state index contributed by atoms with van der Waals surface area (Å²) >= 11 is 4.24. The summed E-state index contributed by atoms with van der Waals surface area (Å²) in [7, 11) is -9.37. The lowest BCUT2D eigenvalue weighted by atomic mass is 9.95. The van der Waals surface area contributed by atoms with E-state index < -0.39 is 108 Å². The Morgan fingerprint density at radius 2 is 0.934 bits per heavy atom. The van der Waals surface area contributed by atoms with Gasteiger partial charge in [-0.2, -0.15) is 0 Å². The lowest BCUT2D eigenvalue weighted by Crippen LogP contribution is -2.67. The quantitative estimate of drug-likeness (QED) is 0.00743. The number of nitrogens with one attached hydrogen (secondary N) is 2. The number of hydrogen-bond donors (Lipinski definition) is 7. The van der Waals surface area contributed by atoms with Crippen LogP contribution in [0.2, 0.25) is 0 Å². The minimum Gasteiger partial charge on any atom is -0.388 e. The van der Waals surface area contributed by atoms with Gasteiger partial charge in [-0.25, -0.2) is 9.13 Å². The third kappa shape index (κ3) is 44.9. The van der Waals surface area contributed by atoms with E-state index >= 15 is 0 Å². The van der Waals surface area contributed by atoms with Crippen molar-refractivity contribution in [1.29, 1.82) is 0 Å². The first-order valence-corrected chi connectivity index (χ1v) is 44.4. The highest BCUT2D eigenvalue weighted by Crippen LogP contribution is 2.44. The first-order chi connectivity index (χ1) is 43.9. The average molecular weight is 1570 g/mol. The van der Waals surface area contributed by atoms with Gasteiger partial charge in [-0.3, -0.25) is 23.4 Å². The van der Waals surface area contributed by atoms with Gasteiger partial charge in [0, 0.05) is 76.3 Å². The Bertz CT molecular complexity index is 1940. The fourth-order valence-corrected chi connectivity index (χ4v) is 12.7. The normalized spacial score (nSPS) is 22.4. The predicted octanol–water partition coefficient (Wildman–Crippen LogP) is 15.2. The van der Waals surface area contributed by atoms with Gasteiger partial charge in [-0.05, 0) is 57.8 Å². The summed E-state index contributed by atoms with van der Waals surface area (Å²) in [6.45, 7) is 7.69. The number of aliphatic hydroxyl groups excluding tert-OH is 1. The molecule has 0 saturated carbocycles. The number of hydrogen-bond acceptors (Lipinski definition) is 15. The number of allylic oxidation sites excluding steroid dienone is 2. The van der Waals surface area contributed by atoms with Crippen molar-refractivity contribution in [2.24, 2.45) is 5.92 Å². The van der Waals surface area contributed by atoms with Gasteiger partial charge in [0.1, 0.15) is 60.8 Å². The third-order valence-electron chi connectivity index (χ3n) is 16.8. The van der Waals surface area contributed by atoms with E-state index in [-0.39, 0.29) is 44.9 Å². The number of ketones is 1. The van der Waals surface area contributed by atoms with Crippen molar-refractivity contribution in [3.05, 3.63) is 12.2 Å². The van der Waals surface area contributed by atoms with Crippen molar-refractivity contribution >= 4 is 76.8 Å². The Labute approximate surface area is 571 Å². The molecule has 2 aliphatic heterocycles. The van der Waals surface area contributed by atoms with E-state index in [2.05, 4.69) is 87.7 Å². The smallest absolute Gasteiger partial charge is 0.388 e. The molecular weight excluding hydrogens is 1440 g/mol. The molecule has 0 aromatic heterocycles. The Balaban J connectivity index is 0.0000205. The lowest BCUT2D eigenvalue weighted by Gasteiger charge is -2.47. The first kappa shape index (κ1) is 88.4. The topological polar surface area (TPSA) is 301 Å². The van der Waals surface area contributed by atoms with E-state index in [1.54, 1.807) is 0 Å². The molecule has 0 radical (unpaired) electrons. The fourth-order valence-electron chi connectivity index (χ4n) is 11.7. The molecule has 2 amide bonds. The van der Waals surface area contributed by atoms with Crippen molar-refractivity contribution in [3.8, 4) is 0 Å². The Morgan fingerprint density at radius 1 is 0.495 bits per heavy atom. The maximum absolute atomic E-state index is 14.1. The van der Waals surface area contributed by atoms with Gasteiger partial charge < -0.3 is 68.5 Å². The summed E-state index contributed by atoms with van der Waals surface area (Å²) in [6.07, 6.45) is 29.4. The molecule has 2 aliphatic rings. The second kappa shape index (κ2) is 57.3. The Hall–Kier alpha value is -0.580. The van der Waals surface area contributed by atoms with E-state index in [4.69, 9.17) is 37.5 Å². The molecule has 0 aromatic carbocycles. The number of amides is 2. The van der Waals surface area contributed by atoms with Crippen molar-refractivity contribution in [2.45, 2.75) is 346 Å². The van der Waals surface area contributed by atoms with Crippen LogP contribution in [0.1, 0.15) is 285 Å². The standard InChI is InChI=1S/C66H124N2O19P2.I2/c1-6-10-14-18-21-24-25-26-27-28-29-31-33-37-41-45-57(71)67-60-64(82-48-46-53(50-69)43-39-35-17-13-9-4)62(86-88(74,75)76)56(51-80-5)85-65(60)83-52-55-61(73)63(81-47-42-38-34-23-20-16-12-8-3)59(66(84-55)87-89(77,78)79)68-58(72)49-54(70)44-40-36-32-30-22-19-15-11-7-2;1-2/h24-25,50,53,55-56,59-66,73H,6-23,26-49,51-52H2,1-5H3,(H,67,71)(H,68,72)(H2,74,75,76)(H2,77,78,79);/b25-24-;. The number of carbonyl (C=O) groups is 4. The van der Waals surface area contributed by atoms with Crippen LogP contribution in [0.15, 0.2) is 12.2 Å². The summed E-state index contributed by atoms with van der Waals surface area (Å²) in [6, 6.07) is -2.90. The summed E-state index contributed by atoms with van der Waals surface area (Å²) in [5.41, 5.74) is 0. The van der Waals surface area contributed by atoms with E-state index in [0.29, 0.717) is 25.7 Å². The maximum atomic E-state index is 14.1. The molecule has 2 heterocycles. The van der Waals surface area contributed by atoms with Crippen LogP contribution in [-0.4, -0.2) is 143 Å². The van der Waals surface area contributed by atoms with Crippen molar-refractivity contribution < 1.29 is 90.5 Å². The number of aldehydes is 1. The van der Waals surface area contributed by atoms with Gasteiger partial charge in [0.05, 0.1) is 19.6 Å². The average Bonchev–Trinajstić information content (AvgIpc) is 0.831. The molecule has 2 rings (SSSR count). The predicted molar refractivity (Wildman–Crippen MR) is 374 cm³/mol. The molecule has 11 unspecified atom stereocenters. The van der Waals surface area contributed by atoms with Crippen LogP contribution in [0, 0.1) is 5.92 Å². The van der Waals surface area contributed by atoms with Crippen molar-refractivity contribution in [1.82, 2.24) is 10.6 Å². The highest BCUT2D eigenvalue weighted by atomic mass is 128. The second-order valence-corrected chi connectivity index (χ2v) is 27.3. The first-order valence-electron chi connectivity index (χ1n) is 35.1. The number of phosphoric ester groups is 2. The number of Topliss-reactive ketones (excluding diaryl/α,β-unsaturated/α-hetero) is 1. The van der Waals surface area contributed by atoms with Gasteiger partial charge in [0.2, 0.25) is 11.8 Å². The van der Waals surface area contributed by atoms with Crippen LogP contribution >= 0.6 is 52.9 Å². The third-order valence-corrected chi connectivity index (χ3v) is 17.8. The maximum Gasteiger partial charge on any atom is 0.472 e. The van der Waals surface area contributed by atoms with E-state index in [1.807, 2.05) is 0 Å². The Kier molecular flexibility index (Phi) is 55.7. The number of carbonyl (C=O) groups excluding carboxylic acids is 4. The molecule has 25 heteroatoms. The molecule has 91 heavy (non-hydrogen) atoms. The molecule has 0 aromatic rings. The van der Waals surface area contributed by atoms with Crippen molar-refractivity contribution in [2.75, 3.05) is 33.5 Å². The zero-order valence-corrected chi connectivity index (χ0v) is 62.4. The zero-order valence-electron chi connectivity index (χ0n) is 56.3. The van der Waals surface area contributed by atoms with Gasteiger partial charge in [-0.1, -0.05) is 220 Å². The van der Waals surface area contributed by atoms with Crippen molar-refractivity contribution in [3.63, 3.8) is 0 Å². The van der Waals surface area contributed by atoms with Crippen LogP contribution in [-0.2, 0) is 65.8 Å². The number of methoxy groups -OCH3 is 1. The number of aliphatic hydroxyl groups is 1. The molecule has 11 atom stereocenters. The van der Waals surface area contributed by atoms with E-state index in [0.717, 1.165) is 160 Å². The highest BCUT2D eigenvalue weighted by molar-refractivity contribution is 15.0. The van der Waals surface area contributed by atoms with Crippen LogP contribution < -0.4 is 10.6 Å². The fraction of sp³-hybridized carbons (Fsp3) is 0.909. The van der Waals surface area contributed by atoms with E-state index in [1.165, 1.54) is 58.5 Å². The summed E-state index contributed by atoms with van der Waals surface area (Å²) in [5, 5.41) is 17.8. The summed E-state index contributed by atoms with van der Waals surface area (Å²) < 4.78 is 73.2. The zero-order chi connectivity index (χ0) is 67.4. The van der Waals surface area contributed by atoms with Gasteiger partial charge >= 0.3 is 15.6 Å². The van der Waals surface area contributed by atoms with Crippen LogP contribution in [0.4, 0.5) is 0 Å². The summed E-state index contributed by atoms with van der Waals surface area (Å²) in [4.78, 5) is 94.4. The summed E-state index contributed by atoms with van der Waals surface area (Å²) in [5.74, 6) is -1.97. The van der Waals surface area contributed by atoms with Crippen LogP contribution in [0.3, 0.4) is 0 Å². The molecule has 2 saturated heterocycles. The highest BCUT2D eigenvalue weighted by Gasteiger charge is 2.53. The SMILES string of the molecule is CCCCCC/C=C\CCCCCCCCCC(=O)NC1C(OCC2OC(OP(=O)(O)O)C(NC(=O)CC(=O)CCCCCCCCCCC)C(OCCCCCCCCCC)C2O)OC(COC)C(OP(=O)(O)O)C1OCCC(C=O)CCCCCCC.II. The second-order valence-electron chi connectivity index (χ2n) is 24.9. The molecule has 7 N–H and O–H groups in total. The molecule has 536 valence electrons. The lowest BCUT2D eigenvalue weighted by molar-refractivity contribution is -0.300. The number of rotatable bonds is 59. The Morgan fingerprint density at radius 3 is 1.45 bits per heavy atom. The van der Waals surface area contributed by atoms with Gasteiger partial charge in [-0.15, -0.1) is 0 Å². The molecule has 0 bridgehead atoms. The number of phosphoric acid groups is 2. The monoisotopic (exact) mass is 1560 g/mol. The molecular formula is C66H124I2N2O19P2. The molecule has 21 nitrogen and oxygen atoms in total.